The van der Waals surface area contributed by atoms with Crippen LogP contribution in [0.3, 0.4) is 0 Å². The van der Waals surface area contributed by atoms with Crippen molar-refractivity contribution in [2.45, 2.75) is 45.9 Å². The van der Waals surface area contributed by atoms with Gasteiger partial charge in [-0.05, 0) is 19.8 Å². The van der Waals surface area contributed by atoms with Crippen LogP contribution >= 0.6 is 0 Å². The van der Waals surface area contributed by atoms with Crippen LogP contribution in [0, 0.1) is 0 Å². The summed E-state index contributed by atoms with van der Waals surface area (Å²) in [7, 11) is 0. The average Bonchev–Trinajstić information content (AvgIpc) is 2.35. The first-order chi connectivity index (χ1) is 8.90. The zero-order valence-electron chi connectivity index (χ0n) is 11.2. The van der Waals surface area contributed by atoms with Crippen LogP contribution in [0.25, 0.3) is 0 Å². The van der Waals surface area contributed by atoms with E-state index in [4.69, 9.17) is 4.74 Å². The van der Waals surface area contributed by atoms with Gasteiger partial charge in [-0.25, -0.2) is 9.97 Å². The highest BCUT2D eigenvalue weighted by Crippen LogP contribution is 2.28. The second-order valence-electron chi connectivity index (χ2n) is 4.09. The maximum atomic E-state index is 12.5. The van der Waals surface area contributed by atoms with Crippen LogP contribution in [0.1, 0.15) is 32.8 Å². The van der Waals surface area contributed by atoms with Gasteiger partial charge in [-0.3, -0.25) is 0 Å². The number of ether oxygens (including phenoxy) is 1. The van der Waals surface area contributed by atoms with Gasteiger partial charge in [0.2, 0.25) is 5.88 Å². The van der Waals surface area contributed by atoms with Crippen LogP contribution in [0.15, 0.2) is 6.33 Å². The number of nitrogens with one attached hydrogen (secondary N) is 1. The number of halogens is 3. The van der Waals surface area contributed by atoms with E-state index in [1.165, 1.54) is 6.33 Å². The number of alkyl halides is 3. The summed E-state index contributed by atoms with van der Waals surface area (Å²) in [6.45, 7) is 5.46. The first kappa shape index (κ1) is 15.5. The summed E-state index contributed by atoms with van der Waals surface area (Å²) in [6, 6.07) is 0. The molecule has 1 unspecified atom stereocenters. The fourth-order valence-electron chi connectivity index (χ4n) is 1.45. The fraction of sp³-hybridized carbons (Fsp3) is 0.667. The molecule has 108 valence electrons. The van der Waals surface area contributed by atoms with E-state index in [0.29, 0.717) is 24.3 Å². The number of nitrogens with zero attached hydrogens (tertiary/aromatic N) is 2. The van der Waals surface area contributed by atoms with Crippen molar-refractivity contribution >= 4 is 5.82 Å². The molecule has 1 aromatic rings. The van der Waals surface area contributed by atoms with Crippen LogP contribution in [-0.2, 0) is 6.42 Å². The highest BCUT2D eigenvalue weighted by Gasteiger charge is 2.38. The lowest BCUT2D eigenvalue weighted by Crippen LogP contribution is -2.32. The van der Waals surface area contributed by atoms with Crippen molar-refractivity contribution in [2.24, 2.45) is 0 Å². The number of hydrogen-bond acceptors (Lipinski definition) is 4. The van der Waals surface area contributed by atoms with Gasteiger partial charge >= 0.3 is 6.18 Å². The number of anilines is 1. The lowest BCUT2D eigenvalue weighted by atomic mass is 10.2. The minimum Gasteiger partial charge on any atom is -0.465 e. The molecule has 0 saturated carbocycles. The summed E-state index contributed by atoms with van der Waals surface area (Å²) < 4.78 is 42.4. The molecule has 0 aliphatic carbocycles. The van der Waals surface area contributed by atoms with Crippen LogP contribution in [0.4, 0.5) is 19.0 Å². The van der Waals surface area contributed by atoms with E-state index in [2.05, 4.69) is 15.3 Å². The molecule has 0 spiro atoms. The summed E-state index contributed by atoms with van der Waals surface area (Å²) >= 11 is 0. The normalized spacial score (nSPS) is 13.2. The first-order valence-corrected chi connectivity index (χ1v) is 6.21. The van der Waals surface area contributed by atoms with Gasteiger partial charge in [0.1, 0.15) is 12.1 Å². The molecule has 1 aromatic heterocycles. The molecule has 19 heavy (non-hydrogen) atoms. The third-order valence-corrected chi connectivity index (χ3v) is 2.55. The minimum absolute atomic E-state index is 0.0130. The van der Waals surface area contributed by atoms with Gasteiger partial charge in [-0.1, -0.05) is 13.8 Å². The molecule has 0 amide bonds. The van der Waals surface area contributed by atoms with Gasteiger partial charge in [-0.15, -0.1) is 0 Å². The Bertz CT molecular complexity index is 410. The molecule has 0 aliphatic rings. The lowest BCUT2D eigenvalue weighted by molar-refractivity contribution is -0.190. The van der Waals surface area contributed by atoms with Gasteiger partial charge in [-0.2, -0.15) is 13.2 Å². The van der Waals surface area contributed by atoms with Crippen LogP contribution in [0.2, 0.25) is 0 Å². The molecule has 1 rings (SSSR count). The second-order valence-corrected chi connectivity index (χ2v) is 4.09. The molecule has 0 saturated heterocycles. The van der Waals surface area contributed by atoms with Crippen molar-refractivity contribution in [1.82, 2.24) is 9.97 Å². The Labute approximate surface area is 110 Å². The van der Waals surface area contributed by atoms with Gasteiger partial charge in [0.15, 0.2) is 6.10 Å². The molecule has 0 aliphatic heterocycles. The van der Waals surface area contributed by atoms with Gasteiger partial charge < -0.3 is 10.1 Å². The van der Waals surface area contributed by atoms with E-state index in [1.54, 1.807) is 0 Å². The van der Waals surface area contributed by atoms with Gasteiger partial charge in [0, 0.05) is 6.54 Å². The molecular weight excluding hydrogens is 259 g/mol. The maximum absolute atomic E-state index is 12.5. The molecule has 4 nitrogen and oxygen atoms in total. The molecular formula is C12H18F3N3O. The average molecular weight is 277 g/mol. The molecule has 0 bridgehead atoms. The summed E-state index contributed by atoms with van der Waals surface area (Å²) in [4.78, 5) is 7.83. The van der Waals surface area contributed by atoms with E-state index >= 15 is 0 Å². The summed E-state index contributed by atoms with van der Waals surface area (Å²) in [5.74, 6) is 0.518. The van der Waals surface area contributed by atoms with Crippen LogP contribution < -0.4 is 10.1 Å². The Morgan fingerprint density at radius 2 is 2.00 bits per heavy atom. The van der Waals surface area contributed by atoms with Crippen molar-refractivity contribution in [2.75, 3.05) is 11.9 Å². The molecule has 1 heterocycles. The lowest BCUT2D eigenvalue weighted by Gasteiger charge is -2.19. The minimum atomic E-state index is -4.41. The zero-order valence-corrected chi connectivity index (χ0v) is 11.2. The smallest absolute Gasteiger partial charge is 0.425 e. The molecule has 1 atom stereocenters. The Kier molecular flexibility index (Phi) is 5.38. The van der Waals surface area contributed by atoms with Crippen molar-refractivity contribution < 1.29 is 17.9 Å². The molecule has 1 N–H and O–H groups in total. The largest absolute Gasteiger partial charge is 0.465 e. The standard InChI is InChI=1S/C12H18F3N3O/c1-4-6-16-10-9(5-2)11(18-7-17-10)19-8(3)12(13,14)15/h7-8H,4-6H2,1-3H3,(H,16,17,18). The Hall–Kier alpha value is -1.53. The van der Waals surface area contributed by atoms with Crippen molar-refractivity contribution in [3.63, 3.8) is 0 Å². The third-order valence-electron chi connectivity index (χ3n) is 2.55. The van der Waals surface area contributed by atoms with Gasteiger partial charge in [0.25, 0.3) is 0 Å². The SMILES string of the molecule is CCCNc1ncnc(OC(C)C(F)(F)F)c1CC. The monoisotopic (exact) mass is 277 g/mol. The predicted molar refractivity (Wildman–Crippen MR) is 66.3 cm³/mol. The Morgan fingerprint density at radius 1 is 1.32 bits per heavy atom. The van der Waals surface area contributed by atoms with Crippen LogP contribution in [-0.4, -0.2) is 28.8 Å². The van der Waals surface area contributed by atoms with Gasteiger partial charge in [0.05, 0.1) is 5.56 Å². The van der Waals surface area contributed by atoms with Crippen molar-refractivity contribution in [1.29, 1.82) is 0 Å². The number of aromatic nitrogens is 2. The second kappa shape index (κ2) is 6.58. The summed E-state index contributed by atoms with van der Waals surface area (Å²) in [6.07, 6.45) is -3.72. The first-order valence-electron chi connectivity index (χ1n) is 6.21. The number of hydrogen-bond donors (Lipinski definition) is 1. The molecule has 0 aromatic carbocycles. The third kappa shape index (κ3) is 4.25. The van der Waals surface area contributed by atoms with E-state index in [1.807, 2.05) is 13.8 Å². The topological polar surface area (TPSA) is 47.0 Å². The number of rotatable bonds is 6. The highest BCUT2D eigenvalue weighted by atomic mass is 19.4. The highest BCUT2D eigenvalue weighted by molar-refractivity contribution is 5.48. The molecule has 0 fully saturated rings. The van der Waals surface area contributed by atoms with Crippen molar-refractivity contribution in [3.05, 3.63) is 11.9 Å². The van der Waals surface area contributed by atoms with E-state index < -0.39 is 12.3 Å². The summed E-state index contributed by atoms with van der Waals surface area (Å²) in [5, 5.41) is 3.05. The van der Waals surface area contributed by atoms with E-state index in [9.17, 15) is 13.2 Å². The van der Waals surface area contributed by atoms with Crippen molar-refractivity contribution in [3.8, 4) is 5.88 Å². The van der Waals surface area contributed by atoms with Crippen LogP contribution in [0.5, 0.6) is 5.88 Å². The Morgan fingerprint density at radius 3 is 2.53 bits per heavy atom. The zero-order chi connectivity index (χ0) is 14.5. The van der Waals surface area contributed by atoms with E-state index in [0.717, 1.165) is 13.3 Å². The van der Waals surface area contributed by atoms with E-state index in [-0.39, 0.29) is 5.88 Å². The fourth-order valence-corrected chi connectivity index (χ4v) is 1.45. The predicted octanol–water partition coefficient (Wildman–Crippen LogP) is 3.19. The quantitative estimate of drug-likeness (QED) is 0.867. The maximum Gasteiger partial charge on any atom is 0.425 e. The Balaban J connectivity index is 2.94. The molecule has 0 radical (unpaired) electrons. The molecule has 7 heteroatoms. The summed E-state index contributed by atoms with van der Waals surface area (Å²) in [5.41, 5.74) is 0.562.